The number of hydrogen-bond donors (Lipinski definition) is 1. The van der Waals surface area contributed by atoms with Crippen LogP contribution in [0.1, 0.15) is 10.4 Å². The smallest absolute Gasteiger partial charge is 0.323 e. The summed E-state index contributed by atoms with van der Waals surface area (Å²) >= 11 is 0. The lowest BCUT2D eigenvalue weighted by atomic mass is 10.1. The van der Waals surface area contributed by atoms with E-state index < -0.39 is 34.8 Å². The summed E-state index contributed by atoms with van der Waals surface area (Å²) in [6.07, 6.45) is 5.01. The number of aliphatic carboxylic acids is 1. The van der Waals surface area contributed by atoms with Crippen molar-refractivity contribution in [2.75, 3.05) is 13.1 Å². The van der Waals surface area contributed by atoms with E-state index in [4.69, 9.17) is 11.5 Å². The van der Waals surface area contributed by atoms with Gasteiger partial charge in [0.25, 0.3) is 11.6 Å². The number of benzene rings is 1. The SMILES string of the molecule is C#CCN(CC(=O)O)C(=O)c1cc(F)cc([N+](=O)[O-])c1. The first-order valence-electron chi connectivity index (χ1n) is 5.24. The molecule has 1 N–H and O–H groups in total. The molecule has 1 rings (SSSR count). The van der Waals surface area contributed by atoms with Gasteiger partial charge in [0.15, 0.2) is 0 Å². The number of carbonyl (C=O) groups is 2. The third-order valence-electron chi connectivity index (χ3n) is 2.24. The molecule has 0 spiro atoms. The van der Waals surface area contributed by atoms with Crippen LogP contribution in [-0.4, -0.2) is 39.9 Å². The number of carboxylic acid groups (broad SMARTS) is 1. The molecular weight excluding hydrogens is 271 g/mol. The summed E-state index contributed by atoms with van der Waals surface area (Å²) < 4.78 is 13.2. The first kappa shape index (κ1) is 15.1. The van der Waals surface area contributed by atoms with Crippen molar-refractivity contribution in [3.8, 4) is 12.3 Å². The van der Waals surface area contributed by atoms with Gasteiger partial charge in [-0.15, -0.1) is 6.42 Å². The Bertz CT molecular complexity index is 608. The van der Waals surface area contributed by atoms with Crippen LogP contribution in [0.3, 0.4) is 0 Å². The molecule has 104 valence electrons. The number of carbonyl (C=O) groups excluding carboxylic acids is 1. The number of carboxylic acids is 1. The molecule has 0 aliphatic rings. The van der Waals surface area contributed by atoms with Crippen LogP contribution in [0.2, 0.25) is 0 Å². The van der Waals surface area contributed by atoms with Crippen molar-refractivity contribution in [2.24, 2.45) is 0 Å². The molecule has 1 aromatic carbocycles. The van der Waals surface area contributed by atoms with Gasteiger partial charge in [-0.05, 0) is 6.07 Å². The van der Waals surface area contributed by atoms with Gasteiger partial charge in [-0.25, -0.2) is 4.39 Å². The fourth-order valence-electron chi connectivity index (χ4n) is 1.46. The lowest BCUT2D eigenvalue weighted by Gasteiger charge is -2.17. The first-order chi connectivity index (χ1) is 9.35. The van der Waals surface area contributed by atoms with Crippen LogP contribution in [0, 0.1) is 28.3 Å². The van der Waals surface area contributed by atoms with Crippen molar-refractivity contribution in [3.63, 3.8) is 0 Å². The zero-order valence-electron chi connectivity index (χ0n) is 10.1. The van der Waals surface area contributed by atoms with Gasteiger partial charge in [0.1, 0.15) is 12.4 Å². The Morgan fingerprint density at radius 2 is 2.10 bits per heavy atom. The van der Waals surface area contributed by atoms with Gasteiger partial charge in [-0.2, -0.15) is 0 Å². The zero-order chi connectivity index (χ0) is 15.3. The van der Waals surface area contributed by atoms with E-state index in [-0.39, 0.29) is 12.1 Å². The molecule has 0 radical (unpaired) electrons. The third-order valence-corrected chi connectivity index (χ3v) is 2.24. The predicted octanol–water partition coefficient (Wildman–Crippen LogP) is 0.894. The lowest BCUT2D eigenvalue weighted by molar-refractivity contribution is -0.385. The van der Waals surface area contributed by atoms with Crippen molar-refractivity contribution in [1.82, 2.24) is 4.90 Å². The standard InChI is InChI=1S/C12H9FN2O5/c1-2-3-14(7-11(16)17)12(18)8-4-9(13)6-10(5-8)15(19)20/h1,4-6H,3,7H2,(H,16,17). The van der Waals surface area contributed by atoms with Crippen LogP contribution >= 0.6 is 0 Å². The Hall–Kier alpha value is -2.95. The van der Waals surface area contributed by atoms with Crippen molar-refractivity contribution >= 4 is 17.6 Å². The maximum Gasteiger partial charge on any atom is 0.323 e. The van der Waals surface area contributed by atoms with Crippen LogP contribution in [0.4, 0.5) is 10.1 Å². The van der Waals surface area contributed by atoms with Crippen LogP contribution in [-0.2, 0) is 4.79 Å². The second-order valence-corrected chi connectivity index (χ2v) is 3.71. The summed E-state index contributed by atoms with van der Waals surface area (Å²) in [6.45, 7) is -0.997. The van der Waals surface area contributed by atoms with Gasteiger partial charge >= 0.3 is 5.97 Å². The maximum absolute atomic E-state index is 13.2. The number of hydrogen-bond acceptors (Lipinski definition) is 4. The van der Waals surface area contributed by atoms with Gasteiger partial charge in [-0.1, -0.05) is 5.92 Å². The molecule has 0 saturated carbocycles. The Labute approximate surface area is 112 Å². The highest BCUT2D eigenvalue weighted by molar-refractivity contribution is 5.96. The van der Waals surface area contributed by atoms with E-state index in [1.807, 2.05) is 0 Å². The molecule has 0 unspecified atom stereocenters. The Morgan fingerprint density at radius 3 is 2.60 bits per heavy atom. The zero-order valence-corrected chi connectivity index (χ0v) is 10.1. The highest BCUT2D eigenvalue weighted by Crippen LogP contribution is 2.17. The second kappa shape index (κ2) is 6.29. The number of rotatable bonds is 5. The van der Waals surface area contributed by atoms with Crippen molar-refractivity contribution < 1.29 is 24.0 Å². The number of nitro benzene ring substituents is 1. The number of halogens is 1. The maximum atomic E-state index is 13.2. The fraction of sp³-hybridized carbons (Fsp3) is 0.167. The minimum Gasteiger partial charge on any atom is -0.480 e. The molecule has 0 atom stereocenters. The molecule has 0 aliphatic carbocycles. The van der Waals surface area contributed by atoms with E-state index >= 15 is 0 Å². The molecule has 0 saturated heterocycles. The van der Waals surface area contributed by atoms with E-state index in [0.29, 0.717) is 6.07 Å². The predicted molar refractivity (Wildman–Crippen MR) is 65.4 cm³/mol. The summed E-state index contributed by atoms with van der Waals surface area (Å²) in [6, 6.07) is 2.29. The number of amides is 1. The van der Waals surface area contributed by atoms with E-state index in [1.54, 1.807) is 0 Å². The highest BCUT2D eigenvalue weighted by atomic mass is 19.1. The lowest BCUT2D eigenvalue weighted by Crippen LogP contribution is -2.36. The summed E-state index contributed by atoms with van der Waals surface area (Å²) in [5.74, 6) is -1.09. The van der Waals surface area contributed by atoms with Crippen LogP contribution < -0.4 is 0 Å². The molecule has 8 heteroatoms. The molecule has 20 heavy (non-hydrogen) atoms. The Morgan fingerprint density at radius 1 is 1.45 bits per heavy atom. The molecule has 7 nitrogen and oxygen atoms in total. The average molecular weight is 280 g/mol. The summed E-state index contributed by atoms with van der Waals surface area (Å²) in [7, 11) is 0. The van der Waals surface area contributed by atoms with Crippen molar-refractivity contribution in [1.29, 1.82) is 0 Å². The third kappa shape index (κ3) is 3.78. The van der Waals surface area contributed by atoms with Gasteiger partial charge in [0, 0.05) is 11.6 Å². The molecule has 0 bridgehead atoms. The van der Waals surface area contributed by atoms with Gasteiger partial charge in [0.2, 0.25) is 0 Å². The Balaban J connectivity index is 3.14. The van der Waals surface area contributed by atoms with Crippen LogP contribution in [0.25, 0.3) is 0 Å². The van der Waals surface area contributed by atoms with E-state index in [0.717, 1.165) is 17.0 Å². The molecule has 0 heterocycles. The van der Waals surface area contributed by atoms with Crippen molar-refractivity contribution in [2.45, 2.75) is 0 Å². The molecule has 1 aromatic rings. The molecule has 0 aliphatic heterocycles. The normalized spacial score (nSPS) is 9.60. The van der Waals surface area contributed by atoms with Crippen LogP contribution in [0.5, 0.6) is 0 Å². The quantitative estimate of drug-likeness (QED) is 0.490. The first-order valence-corrected chi connectivity index (χ1v) is 5.24. The largest absolute Gasteiger partial charge is 0.480 e. The van der Waals surface area contributed by atoms with E-state index in [1.165, 1.54) is 0 Å². The summed E-state index contributed by atoms with van der Waals surface area (Å²) in [4.78, 5) is 33.1. The number of nitro groups is 1. The number of terminal acetylenes is 1. The highest BCUT2D eigenvalue weighted by Gasteiger charge is 2.21. The van der Waals surface area contributed by atoms with Gasteiger partial charge in [0.05, 0.1) is 17.5 Å². The fourth-order valence-corrected chi connectivity index (χ4v) is 1.46. The molecule has 0 aromatic heterocycles. The number of nitrogens with zero attached hydrogens (tertiary/aromatic N) is 2. The molecular formula is C12H9FN2O5. The topological polar surface area (TPSA) is 101 Å². The van der Waals surface area contributed by atoms with E-state index in [9.17, 15) is 24.1 Å². The van der Waals surface area contributed by atoms with Crippen molar-refractivity contribution in [3.05, 3.63) is 39.7 Å². The van der Waals surface area contributed by atoms with E-state index in [2.05, 4.69) is 5.92 Å². The molecule has 0 fully saturated rings. The summed E-state index contributed by atoms with van der Waals surface area (Å²) in [5, 5.41) is 19.2. The van der Waals surface area contributed by atoms with Gasteiger partial charge in [-0.3, -0.25) is 19.7 Å². The minimum absolute atomic E-state index is 0.310. The molecule has 1 amide bonds. The summed E-state index contributed by atoms with van der Waals surface area (Å²) in [5.41, 5.74) is -0.947. The average Bonchev–Trinajstić information content (AvgIpc) is 2.36. The second-order valence-electron chi connectivity index (χ2n) is 3.71. The minimum atomic E-state index is -1.31. The monoisotopic (exact) mass is 280 g/mol. The Kier molecular flexibility index (Phi) is 4.75. The number of non-ortho nitro benzene ring substituents is 1. The van der Waals surface area contributed by atoms with Crippen LogP contribution in [0.15, 0.2) is 18.2 Å². The van der Waals surface area contributed by atoms with Gasteiger partial charge < -0.3 is 10.0 Å².